The molecule has 0 saturated heterocycles. The predicted octanol–water partition coefficient (Wildman–Crippen LogP) is 6.85. The number of nitriles is 1. The Morgan fingerprint density at radius 2 is 1.70 bits per heavy atom. The van der Waals surface area contributed by atoms with Gasteiger partial charge < -0.3 is 14.8 Å². The van der Waals surface area contributed by atoms with E-state index in [0.717, 1.165) is 11.1 Å². The Morgan fingerprint density at radius 1 is 0.977 bits per heavy atom. The largest absolute Gasteiger partial charge is 0.488 e. The van der Waals surface area contributed by atoms with Crippen LogP contribution in [0.4, 0.5) is 0 Å². The third-order valence-electron chi connectivity index (χ3n) is 6.35. The van der Waals surface area contributed by atoms with Crippen LogP contribution in [0, 0.1) is 11.3 Å². The fourth-order valence-corrected chi connectivity index (χ4v) is 5.00. The van der Waals surface area contributed by atoms with Gasteiger partial charge in [-0.3, -0.25) is 9.59 Å². The number of nitrogens with zero attached hydrogens (tertiary/aromatic N) is 2. The predicted molar refractivity (Wildman–Crippen MR) is 174 cm³/mol. The smallest absolute Gasteiger partial charge is 0.262 e. The molecule has 11 heteroatoms. The molecule has 0 radical (unpaired) electrons. The van der Waals surface area contributed by atoms with Gasteiger partial charge >= 0.3 is 0 Å². The lowest BCUT2D eigenvalue weighted by atomic mass is 10.1. The Morgan fingerprint density at radius 3 is 2.43 bits per heavy atom. The molecule has 0 aliphatic rings. The first-order valence-electron chi connectivity index (χ1n) is 13.4. The van der Waals surface area contributed by atoms with Crippen LogP contribution in [-0.4, -0.2) is 30.2 Å². The minimum Gasteiger partial charge on any atom is -0.488 e. The van der Waals surface area contributed by atoms with Crippen LogP contribution in [0.15, 0.2) is 101 Å². The minimum atomic E-state index is -0.949. The number of ether oxygens (including phenoxy) is 2. The minimum absolute atomic E-state index is 0.231. The molecule has 0 spiro atoms. The molecule has 0 fully saturated rings. The van der Waals surface area contributed by atoms with Crippen LogP contribution in [0.1, 0.15) is 29.2 Å². The van der Waals surface area contributed by atoms with Gasteiger partial charge in [0.1, 0.15) is 24.1 Å². The molecular weight excluding hydrogens is 667 g/mol. The number of carbonyl (C=O) groups is 2. The van der Waals surface area contributed by atoms with E-state index in [1.807, 2.05) is 42.5 Å². The zero-order valence-electron chi connectivity index (χ0n) is 23.5. The average molecular weight is 694 g/mol. The number of hydrazone groups is 1. The highest BCUT2D eigenvalue weighted by Gasteiger charge is 2.25. The van der Waals surface area contributed by atoms with E-state index < -0.39 is 24.0 Å². The molecule has 0 bridgehead atoms. The summed E-state index contributed by atoms with van der Waals surface area (Å²) in [7, 11) is 0. The first-order chi connectivity index (χ1) is 21.2. The van der Waals surface area contributed by atoms with Crippen molar-refractivity contribution in [2.75, 3.05) is 0 Å². The first kappa shape index (κ1) is 32.6. The molecule has 0 unspecified atom stereocenters. The maximum Gasteiger partial charge on any atom is 0.262 e. The van der Waals surface area contributed by atoms with Crippen molar-refractivity contribution in [3.8, 4) is 17.6 Å². The summed E-state index contributed by atoms with van der Waals surface area (Å²) in [6.45, 7) is 1.79. The van der Waals surface area contributed by atoms with Crippen molar-refractivity contribution in [1.29, 1.82) is 5.26 Å². The lowest BCUT2D eigenvalue weighted by Crippen LogP contribution is -2.50. The molecule has 8 nitrogen and oxygen atoms in total. The number of nitrogens with one attached hydrogen (secondary N) is 2. The number of hydrogen-bond donors (Lipinski definition) is 2. The highest BCUT2D eigenvalue weighted by molar-refractivity contribution is 9.10. The van der Waals surface area contributed by atoms with Gasteiger partial charge in [-0.1, -0.05) is 71.7 Å². The molecule has 4 rings (SSSR count). The van der Waals surface area contributed by atoms with E-state index in [-0.39, 0.29) is 18.1 Å². The van der Waals surface area contributed by atoms with Gasteiger partial charge in [0, 0.05) is 17.0 Å². The van der Waals surface area contributed by atoms with E-state index >= 15 is 0 Å². The fourth-order valence-electron chi connectivity index (χ4n) is 4.04. The van der Waals surface area contributed by atoms with E-state index in [1.54, 1.807) is 49.4 Å². The number of halogens is 3. The molecule has 2 atom stereocenters. The molecule has 224 valence electrons. The number of carbonyl (C=O) groups excluding carboxylic acids is 2. The summed E-state index contributed by atoms with van der Waals surface area (Å²) in [5.74, 6) is -0.138. The lowest BCUT2D eigenvalue weighted by Gasteiger charge is -2.21. The SMILES string of the molecule is C[C@@H](Oc1ccc(Cl)cc1Cl)C(=O)N[C@@H](Cc1ccccc1)C(=O)N/N=C\c1ccc(OCc2ccccc2C#N)c(Br)c1. The highest BCUT2D eigenvalue weighted by Crippen LogP contribution is 2.29. The van der Waals surface area contributed by atoms with Crippen LogP contribution < -0.4 is 20.2 Å². The second kappa shape index (κ2) is 15.9. The van der Waals surface area contributed by atoms with E-state index in [2.05, 4.69) is 37.8 Å². The molecule has 0 aromatic heterocycles. The molecule has 44 heavy (non-hydrogen) atoms. The van der Waals surface area contributed by atoms with Crippen LogP contribution in [0.3, 0.4) is 0 Å². The Kier molecular flexibility index (Phi) is 11.8. The molecule has 4 aromatic rings. The van der Waals surface area contributed by atoms with E-state index in [9.17, 15) is 14.9 Å². The number of rotatable bonds is 12. The maximum absolute atomic E-state index is 13.2. The van der Waals surface area contributed by atoms with E-state index in [0.29, 0.717) is 32.1 Å². The van der Waals surface area contributed by atoms with Gasteiger partial charge in [-0.25, -0.2) is 5.43 Å². The lowest BCUT2D eigenvalue weighted by molar-refractivity contribution is -0.132. The summed E-state index contributed by atoms with van der Waals surface area (Å²) < 4.78 is 12.3. The van der Waals surface area contributed by atoms with Gasteiger partial charge in [-0.15, -0.1) is 0 Å². The van der Waals surface area contributed by atoms with Crippen molar-refractivity contribution in [2.45, 2.75) is 32.1 Å². The summed E-state index contributed by atoms with van der Waals surface area (Å²) in [6, 6.07) is 27.8. The zero-order valence-corrected chi connectivity index (χ0v) is 26.6. The van der Waals surface area contributed by atoms with Crippen molar-refractivity contribution < 1.29 is 19.1 Å². The maximum atomic E-state index is 13.2. The van der Waals surface area contributed by atoms with Crippen molar-refractivity contribution in [3.63, 3.8) is 0 Å². The third kappa shape index (κ3) is 9.32. The van der Waals surface area contributed by atoms with Crippen molar-refractivity contribution in [3.05, 3.63) is 128 Å². The summed E-state index contributed by atoms with van der Waals surface area (Å²) in [5.41, 5.74) is 5.39. The summed E-state index contributed by atoms with van der Waals surface area (Å²) in [6.07, 6.45) is 0.761. The third-order valence-corrected chi connectivity index (χ3v) is 7.50. The highest BCUT2D eigenvalue weighted by atomic mass is 79.9. The van der Waals surface area contributed by atoms with Crippen LogP contribution in [0.5, 0.6) is 11.5 Å². The van der Waals surface area contributed by atoms with E-state index in [1.165, 1.54) is 12.3 Å². The van der Waals surface area contributed by atoms with Crippen LogP contribution in [0.25, 0.3) is 0 Å². The summed E-state index contributed by atoms with van der Waals surface area (Å²) >= 11 is 15.6. The van der Waals surface area contributed by atoms with Crippen LogP contribution >= 0.6 is 39.1 Å². The van der Waals surface area contributed by atoms with Gasteiger partial charge in [0.15, 0.2) is 6.10 Å². The molecule has 0 aliphatic carbocycles. The Hall–Kier alpha value is -4.36. The average Bonchev–Trinajstić information content (AvgIpc) is 3.02. The normalized spacial score (nSPS) is 12.2. The zero-order chi connectivity index (χ0) is 31.5. The standard InChI is InChI=1S/C33H27BrCl2N4O4/c1-21(44-31-14-12-26(35)17-28(31)36)32(41)39-29(16-22-7-3-2-4-8-22)33(42)40-38-19-23-11-13-30(27(34)15-23)43-20-25-10-6-5-9-24(25)18-37/h2-15,17,19,21,29H,16,20H2,1H3,(H,39,41)(H,40,42)/b38-19-/t21-,29+/m1/s1. The van der Waals surface area contributed by atoms with Gasteiger partial charge in [-0.2, -0.15) is 10.4 Å². The quantitative estimate of drug-likeness (QED) is 0.125. The molecule has 4 aromatic carbocycles. The van der Waals surface area contributed by atoms with Gasteiger partial charge in [0.2, 0.25) is 0 Å². The van der Waals surface area contributed by atoms with Gasteiger partial charge in [0.25, 0.3) is 11.8 Å². The molecule has 0 saturated carbocycles. The van der Waals surface area contributed by atoms with Crippen molar-refractivity contribution in [2.24, 2.45) is 5.10 Å². The number of amides is 2. The topological polar surface area (TPSA) is 113 Å². The fraction of sp³-hybridized carbons (Fsp3) is 0.152. The second-order valence-corrected chi connectivity index (χ2v) is 11.3. The second-order valence-electron chi connectivity index (χ2n) is 9.57. The van der Waals surface area contributed by atoms with Crippen LogP contribution in [-0.2, 0) is 22.6 Å². The molecule has 2 amide bonds. The van der Waals surface area contributed by atoms with Gasteiger partial charge in [0.05, 0.1) is 27.3 Å². The Balaban J connectivity index is 1.39. The summed E-state index contributed by atoms with van der Waals surface area (Å²) in [4.78, 5) is 26.2. The molecule has 0 aliphatic heterocycles. The van der Waals surface area contributed by atoms with E-state index in [4.69, 9.17) is 32.7 Å². The first-order valence-corrected chi connectivity index (χ1v) is 15.0. The summed E-state index contributed by atoms with van der Waals surface area (Å²) in [5, 5.41) is 16.8. The van der Waals surface area contributed by atoms with Crippen molar-refractivity contribution >= 4 is 57.2 Å². The number of benzene rings is 4. The van der Waals surface area contributed by atoms with Gasteiger partial charge in [-0.05, 0) is 76.4 Å². The monoisotopic (exact) mass is 692 g/mol. The van der Waals surface area contributed by atoms with Crippen LogP contribution in [0.2, 0.25) is 10.0 Å². The molecular formula is C33H27BrCl2N4O4. The molecule has 0 heterocycles. The Bertz CT molecular complexity index is 1700. The number of hydrogen-bond acceptors (Lipinski definition) is 6. The van der Waals surface area contributed by atoms with Crippen molar-refractivity contribution in [1.82, 2.24) is 10.7 Å². The molecule has 2 N–H and O–H groups in total. The Labute approximate surface area is 273 Å².